The summed E-state index contributed by atoms with van der Waals surface area (Å²) in [5.41, 5.74) is 0. The number of aliphatic hydroxyl groups excluding tert-OH is 1. The Morgan fingerprint density at radius 2 is 1.80 bits per heavy atom. The maximum atomic E-state index is 9.44. The van der Waals surface area contributed by atoms with Gasteiger partial charge in [0.05, 0.1) is 18.3 Å². The Bertz CT molecular complexity index is 199. The van der Waals surface area contributed by atoms with Gasteiger partial charge in [0.15, 0.2) is 0 Å². The molecule has 15 heavy (non-hydrogen) atoms. The summed E-state index contributed by atoms with van der Waals surface area (Å²) in [7, 11) is 1.65. The molecule has 0 saturated heterocycles. The fourth-order valence-electron chi connectivity index (χ4n) is 2.61. The van der Waals surface area contributed by atoms with Gasteiger partial charge in [-0.15, -0.1) is 0 Å². The molecule has 3 nitrogen and oxygen atoms in total. The predicted molar refractivity (Wildman–Crippen MR) is 57.7 cm³/mol. The summed E-state index contributed by atoms with van der Waals surface area (Å²) >= 11 is 0. The molecule has 0 aromatic rings. The van der Waals surface area contributed by atoms with E-state index in [4.69, 9.17) is 9.47 Å². The number of hydrogen-bond donors (Lipinski definition) is 1. The van der Waals surface area contributed by atoms with Crippen molar-refractivity contribution in [1.29, 1.82) is 0 Å². The molecule has 2 saturated carbocycles. The molecular weight excluding hydrogens is 192 g/mol. The maximum Gasteiger partial charge on any atom is 0.109 e. The lowest BCUT2D eigenvalue weighted by molar-refractivity contribution is -0.202. The number of methoxy groups -OCH3 is 1. The largest absolute Gasteiger partial charge is 0.390 e. The first kappa shape index (κ1) is 11.4. The average Bonchev–Trinajstić information content (AvgIpc) is 2.21. The van der Waals surface area contributed by atoms with Crippen LogP contribution in [0.5, 0.6) is 0 Å². The van der Waals surface area contributed by atoms with Crippen LogP contribution in [0.15, 0.2) is 0 Å². The van der Waals surface area contributed by atoms with E-state index >= 15 is 0 Å². The van der Waals surface area contributed by atoms with Crippen molar-refractivity contribution < 1.29 is 14.6 Å². The van der Waals surface area contributed by atoms with E-state index in [1.54, 1.807) is 7.11 Å². The SMILES string of the molecule is COC1C(O)CC1OC1CCC(C)CC1. The summed E-state index contributed by atoms with van der Waals surface area (Å²) in [6, 6.07) is 0. The number of hydrogen-bond acceptors (Lipinski definition) is 3. The first-order chi connectivity index (χ1) is 7.20. The Morgan fingerprint density at radius 1 is 1.13 bits per heavy atom. The van der Waals surface area contributed by atoms with E-state index in [1.165, 1.54) is 25.7 Å². The van der Waals surface area contributed by atoms with Crippen molar-refractivity contribution in [2.24, 2.45) is 5.92 Å². The molecule has 0 radical (unpaired) electrons. The molecule has 2 aliphatic carbocycles. The molecule has 88 valence electrons. The lowest BCUT2D eigenvalue weighted by Gasteiger charge is -2.42. The molecule has 1 N–H and O–H groups in total. The molecule has 0 spiro atoms. The second kappa shape index (κ2) is 4.81. The highest BCUT2D eigenvalue weighted by atomic mass is 16.6. The van der Waals surface area contributed by atoms with Gasteiger partial charge in [-0.3, -0.25) is 0 Å². The first-order valence-electron chi connectivity index (χ1n) is 6.07. The first-order valence-corrected chi connectivity index (χ1v) is 6.07. The van der Waals surface area contributed by atoms with Crippen molar-refractivity contribution in [2.75, 3.05) is 7.11 Å². The zero-order chi connectivity index (χ0) is 10.8. The molecule has 3 unspecified atom stereocenters. The molecule has 0 bridgehead atoms. The van der Waals surface area contributed by atoms with Crippen LogP contribution in [0.25, 0.3) is 0 Å². The van der Waals surface area contributed by atoms with Crippen molar-refractivity contribution in [3.05, 3.63) is 0 Å². The average molecular weight is 214 g/mol. The van der Waals surface area contributed by atoms with Crippen LogP contribution in [0, 0.1) is 5.92 Å². The third-order valence-electron chi connectivity index (χ3n) is 3.82. The maximum absolute atomic E-state index is 9.44. The van der Waals surface area contributed by atoms with E-state index in [-0.39, 0.29) is 18.3 Å². The molecule has 3 atom stereocenters. The van der Waals surface area contributed by atoms with Gasteiger partial charge in [-0.2, -0.15) is 0 Å². The monoisotopic (exact) mass is 214 g/mol. The van der Waals surface area contributed by atoms with Crippen LogP contribution in [0.4, 0.5) is 0 Å². The summed E-state index contributed by atoms with van der Waals surface area (Å²) in [4.78, 5) is 0. The zero-order valence-corrected chi connectivity index (χ0v) is 9.69. The Kier molecular flexibility index (Phi) is 3.65. The second-order valence-electron chi connectivity index (χ2n) is 5.06. The predicted octanol–water partition coefficient (Wildman–Crippen LogP) is 1.73. The summed E-state index contributed by atoms with van der Waals surface area (Å²) in [5.74, 6) is 0.857. The lowest BCUT2D eigenvalue weighted by atomic mass is 9.85. The van der Waals surface area contributed by atoms with Gasteiger partial charge in [-0.25, -0.2) is 0 Å². The molecule has 2 aliphatic rings. The highest BCUT2D eigenvalue weighted by molar-refractivity contribution is 4.92. The number of ether oxygens (including phenoxy) is 2. The van der Waals surface area contributed by atoms with Gasteiger partial charge < -0.3 is 14.6 Å². The quantitative estimate of drug-likeness (QED) is 0.777. The molecule has 0 amide bonds. The minimum absolute atomic E-state index is 0.0932. The number of aliphatic hydroxyl groups is 1. The van der Waals surface area contributed by atoms with Crippen LogP contribution >= 0.6 is 0 Å². The molecule has 3 heteroatoms. The van der Waals surface area contributed by atoms with Crippen LogP contribution in [0.2, 0.25) is 0 Å². The van der Waals surface area contributed by atoms with Crippen molar-refractivity contribution in [3.8, 4) is 0 Å². The van der Waals surface area contributed by atoms with Gasteiger partial charge in [-0.1, -0.05) is 6.92 Å². The van der Waals surface area contributed by atoms with E-state index in [2.05, 4.69) is 6.92 Å². The van der Waals surface area contributed by atoms with Crippen LogP contribution in [0.1, 0.15) is 39.0 Å². The highest BCUT2D eigenvalue weighted by Crippen LogP contribution is 2.32. The van der Waals surface area contributed by atoms with Gasteiger partial charge in [0.2, 0.25) is 0 Å². The van der Waals surface area contributed by atoms with E-state index in [9.17, 15) is 5.11 Å². The topological polar surface area (TPSA) is 38.7 Å². The van der Waals surface area contributed by atoms with Crippen LogP contribution in [0.3, 0.4) is 0 Å². The third kappa shape index (κ3) is 2.52. The van der Waals surface area contributed by atoms with Crippen LogP contribution in [-0.2, 0) is 9.47 Å². The van der Waals surface area contributed by atoms with Gasteiger partial charge >= 0.3 is 0 Å². The molecular formula is C12H22O3. The Morgan fingerprint density at radius 3 is 2.33 bits per heavy atom. The molecule has 0 aromatic heterocycles. The van der Waals surface area contributed by atoms with Crippen LogP contribution in [-0.4, -0.2) is 36.6 Å². The molecule has 0 heterocycles. The van der Waals surface area contributed by atoms with Gasteiger partial charge in [-0.05, 0) is 31.6 Å². The minimum atomic E-state index is -0.317. The normalized spacial score (nSPS) is 46.2. The van der Waals surface area contributed by atoms with Crippen molar-refractivity contribution in [3.63, 3.8) is 0 Å². The Labute approximate surface area is 91.8 Å². The second-order valence-corrected chi connectivity index (χ2v) is 5.06. The lowest BCUT2D eigenvalue weighted by Crippen LogP contribution is -2.54. The summed E-state index contributed by atoms with van der Waals surface area (Å²) < 4.78 is 11.2. The summed E-state index contributed by atoms with van der Waals surface area (Å²) in [6.07, 6.45) is 5.75. The Balaban J connectivity index is 1.73. The van der Waals surface area contributed by atoms with Crippen molar-refractivity contribution >= 4 is 0 Å². The van der Waals surface area contributed by atoms with Gasteiger partial charge in [0, 0.05) is 13.5 Å². The smallest absolute Gasteiger partial charge is 0.109 e. The van der Waals surface area contributed by atoms with E-state index in [1.807, 2.05) is 0 Å². The van der Waals surface area contributed by atoms with Crippen LogP contribution < -0.4 is 0 Å². The third-order valence-corrected chi connectivity index (χ3v) is 3.82. The zero-order valence-electron chi connectivity index (χ0n) is 9.69. The molecule has 0 aliphatic heterocycles. The summed E-state index contributed by atoms with van der Waals surface area (Å²) in [5, 5.41) is 9.44. The van der Waals surface area contributed by atoms with E-state index in [0.717, 1.165) is 12.3 Å². The number of rotatable bonds is 3. The fraction of sp³-hybridized carbons (Fsp3) is 1.00. The van der Waals surface area contributed by atoms with Gasteiger partial charge in [0.1, 0.15) is 6.10 Å². The molecule has 0 aromatic carbocycles. The standard InChI is InChI=1S/C12H22O3/c1-8-3-5-9(6-4-8)15-11-7-10(13)12(11)14-2/h8-13H,3-7H2,1-2H3. The molecule has 2 rings (SSSR count). The fourth-order valence-corrected chi connectivity index (χ4v) is 2.61. The van der Waals surface area contributed by atoms with E-state index < -0.39 is 0 Å². The highest BCUT2D eigenvalue weighted by Gasteiger charge is 2.42. The van der Waals surface area contributed by atoms with Crippen molar-refractivity contribution in [2.45, 2.75) is 63.4 Å². The van der Waals surface area contributed by atoms with Gasteiger partial charge in [0.25, 0.3) is 0 Å². The summed E-state index contributed by atoms with van der Waals surface area (Å²) in [6.45, 7) is 2.31. The molecule has 2 fully saturated rings. The minimum Gasteiger partial charge on any atom is -0.390 e. The Hall–Kier alpha value is -0.120. The van der Waals surface area contributed by atoms with E-state index in [0.29, 0.717) is 6.10 Å². The van der Waals surface area contributed by atoms with Crippen molar-refractivity contribution in [1.82, 2.24) is 0 Å².